The summed E-state index contributed by atoms with van der Waals surface area (Å²) >= 11 is 0. The lowest BCUT2D eigenvalue weighted by molar-refractivity contribution is 0.0176. The van der Waals surface area contributed by atoms with Crippen molar-refractivity contribution in [3.05, 3.63) is 35.9 Å². The summed E-state index contributed by atoms with van der Waals surface area (Å²) in [7, 11) is 1.89. The molecule has 2 fully saturated rings. The number of piperidine rings is 1. The van der Waals surface area contributed by atoms with Crippen molar-refractivity contribution in [3.8, 4) is 0 Å². The van der Waals surface area contributed by atoms with Crippen LogP contribution in [0, 0.1) is 5.92 Å². The first kappa shape index (κ1) is 16.3. The SMILES string of the molecule is CC(c1ccccc1)N1CC2CC2(N(C)C(=O)OC(C)(C)C)C1. The minimum atomic E-state index is -0.442. The summed E-state index contributed by atoms with van der Waals surface area (Å²) in [4.78, 5) is 16.7. The van der Waals surface area contributed by atoms with Crippen molar-refractivity contribution in [2.45, 2.75) is 51.3 Å². The predicted octanol–water partition coefficient (Wildman–Crippen LogP) is 3.69. The maximum atomic E-state index is 12.4. The van der Waals surface area contributed by atoms with Gasteiger partial charge in [0, 0.05) is 26.2 Å². The van der Waals surface area contributed by atoms with Gasteiger partial charge in [-0.15, -0.1) is 0 Å². The number of hydrogen-bond donors (Lipinski definition) is 0. The topological polar surface area (TPSA) is 32.8 Å². The number of fused-ring (bicyclic) bond motifs is 1. The Hall–Kier alpha value is -1.55. The number of carbonyl (C=O) groups is 1. The van der Waals surface area contributed by atoms with Gasteiger partial charge in [0.1, 0.15) is 5.60 Å². The first-order valence-electron chi connectivity index (χ1n) is 8.49. The molecule has 23 heavy (non-hydrogen) atoms. The van der Waals surface area contributed by atoms with E-state index >= 15 is 0 Å². The molecule has 3 unspecified atom stereocenters. The Morgan fingerprint density at radius 1 is 1.35 bits per heavy atom. The Kier molecular flexibility index (Phi) is 3.91. The van der Waals surface area contributed by atoms with Crippen LogP contribution in [0.2, 0.25) is 0 Å². The number of likely N-dealkylation sites (N-methyl/N-ethyl adjacent to an activating group) is 1. The molecule has 0 aromatic heterocycles. The monoisotopic (exact) mass is 316 g/mol. The highest BCUT2D eigenvalue weighted by molar-refractivity contribution is 5.70. The summed E-state index contributed by atoms with van der Waals surface area (Å²) in [5, 5.41) is 0. The number of likely N-dealkylation sites (tertiary alicyclic amines) is 1. The number of amides is 1. The Balaban J connectivity index is 1.66. The Morgan fingerprint density at radius 2 is 2.00 bits per heavy atom. The van der Waals surface area contributed by atoms with Crippen molar-refractivity contribution in [2.24, 2.45) is 5.92 Å². The second kappa shape index (κ2) is 5.52. The molecule has 0 spiro atoms. The number of nitrogens with zero attached hydrogens (tertiary/aromatic N) is 2. The van der Waals surface area contributed by atoms with Crippen molar-refractivity contribution < 1.29 is 9.53 Å². The first-order valence-corrected chi connectivity index (χ1v) is 8.49. The summed E-state index contributed by atoms with van der Waals surface area (Å²) in [5.41, 5.74) is 0.872. The average Bonchev–Trinajstić information content (AvgIpc) is 3.07. The molecule has 3 rings (SSSR count). The van der Waals surface area contributed by atoms with E-state index in [1.54, 1.807) is 0 Å². The minimum Gasteiger partial charge on any atom is -0.444 e. The van der Waals surface area contributed by atoms with E-state index in [4.69, 9.17) is 4.74 Å². The normalized spacial score (nSPS) is 28.1. The van der Waals surface area contributed by atoms with E-state index in [0.717, 1.165) is 19.5 Å². The summed E-state index contributed by atoms with van der Waals surface area (Å²) in [5.74, 6) is 0.575. The molecule has 1 aromatic rings. The zero-order valence-electron chi connectivity index (χ0n) is 14.9. The fourth-order valence-electron chi connectivity index (χ4n) is 3.76. The maximum absolute atomic E-state index is 12.4. The van der Waals surface area contributed by atoms with Gasteiger partial charge < -0.3 is 9.64 Å². The molecule has 1 aliphatic heterocycles. The van der Waals surface area contributed by atoms with Crippen LogP contribution < -0.4 is 0 Å². The molecule has 126 valence electrons. The molecule has 4 nitrogen and oxygen atoms in total. The predicted molar refractivity (Wildman–Crippen MR) is 91.3 cm³/mol. The maximum Gasteiger partial charge on any atom is 0.410 e. The molecule has 0 N–H and O–H groups in total. The molecule has 0 radical (unpaired) electrons. The third kappa shape index (κ3) is 3.09. The molecule has 1 amide bonds. The van der Waals surface area contributed by atoms with Gasteiger partial charge in [0.2, 0.25) is 0 Å². The van der Waals surface area contributed by atoms with Crippen LogP contribution in [0.1, 0.15) is 45.7 Å². The number of rotatable bonds is 3. The van der Waals surface area contributed by atoms with Crippen molar-refractivity contribution in [3.63, 3.8) is 0 Å². The van der Waals surface area contributed by atoms with Crippen LogP contribution in [0.4, 0.5) is 4.79 Å². The molecule has 1 saturated heterocycles. The van der Waals surface area contributed by atoms with Gasteiger partial charge in [-0.3, -0.25) is 4.90 Å². The largest absolute Gasteiger partial charge is 0.444 e. The zero-order valence-corrected chi connectivity index (χ0v) is 14.9. The number of hydrogen-bond acceptors (Lipinski definition) is 3. The van der Waals surface area contributed by atoms with E-state index in [1.165, 1.54) is 5.56 Å². The number of benzene rings is 1. The van der Waals surface area contributed by atoms with Crippen molar-refractivity contribution in [2.75, 3.05) is 20.1 Å². The van der Waals surface area contributed by atoms with E-state index in [9.17, 15) is 4.79 Å². The van der Waals surface area contributed by atoms with E-state index in [0.29, 0.717) is 12.0 Å². The molecule has 1 heterocycles. The van der Waals surface area contributed by atoms with Crippen LogP contribution in [-0.2, 0) is 4.74 Å². The van der Waals surface area contributed by atoms with Gasteiger partial charge in [-0.05, 0) is 45.6 Å². The van der Waals surface area contributed by atoms with Crippen LogP contribution in [-0.4, -0.2) is 47.2 Å². The Bertz CT molecular complexity index is 581. The average molecular weight is 316 g/mol. The smallest absolute Gasteiger partial charge is 0.410 e. The Labute approximate surface area is 139 Å². The van der Waals surface area contributed by atoms with Gasteiger partial charge >= 0.3 is 6.09 Å². The highest BCUT2D eigenvalue weighted by atomic mass is 16.6. The summed E-state index contributed by atoms with van der Waals surface area (Å²) in [6.45, 7) is 9.99. The standard InChI is InChI=1S/C19H28N2O2/c1-14(15-9-7-6-8-10-15)21-12-16-11-19(16,13-21)20(5)17(22)23-18(2,3)4/h6-10,14,16H,11-13H2,1-5H3. The lowest BCUT2D eigenvalue weighted by atomic mass is 10.1. The Morgan fingerprint density at radius 3 is 2.61 bits per heavy atom. The first-order chi connectivity index (χ1) is 10.7. The molecular weight excluding hydrogens is 288 g/mol. The third-order valence-corrected chi connectivity index (χ3v) is 5.30. The van der Waals surface area contributed by atoms with Gasteiger partial charge in [-0.1, -0.05) is 30.3 Å². The van der Waals surface area contributed by atoms with Gasteiger partial charge in [-0.2, -0.15) is 0 Å². The van der Waals surface area contributed by atoms with Crippen molar-refractivity contribution in [1.29, 1.82) is 0 Å². The van der Waals surface area contributed by atoms with Crippen LogP contribution >= 0.6 is 0 Å². The third-order valence-electron chi connectivity index (χ3n) is 5.30. The van der Waals surface area contributed by atoms with Crippen LogP contribution in [0.5, 0.6) is 0 Å². The fraction of sp³-hybridized carbons (Fsp3) is 0.632. The molecule has 1 aromatic carbocycles. The lowest BCUT2D eigenvalue weighted by Crippen LogP contribution is -2.46. The van der Waals surface area contributed by atoms with Crippen molar-refractivity contribution >= 4 is 6.09 Å². The van der Waals surface area contributed by atoms with Gasteiger partial charge in [0.25, 0.3) is 0 Å². The molecule has 4 heteroatoms. The molecule has 0 bridgehead atoms. The van der Waals surface area contributed by atoms with Crippen LogP contribution in [0.15, 0.2) is 30.3 Å². The molecule has 1 aliphatic carbocycles. The van der Waals surface area contributed by atoms with Crippen molar-refractivity contribution in [1.82, 2.24) is 9.80 Å². The summed E-state index contributed by atoms with van der Waals surface area (Å²) < 4.78 is 5.55. The second-order valence-electron chi connectivity index (χ2n) is 8.06. The van der Waals surface area contributed by atoms with Gasteiger partial charge in [-0.25, -0.2) is 4.79 Å². The van der Waals surface area contributed by atoms with E-state index < -0.39 is 5.60 Å². The minimum absolute atomic E-state index is 0.0224. The molecular formula is C19H28N2O2. The van der Waals surface area contributed by atoms with Gasteiger partial charge in [0.15, 0.2) is 0 Å². The second-order valence-corrected chi connectivity index (χ2v) is 8.06. The number of carbonyl (C=O) groups excluding carboxylic acids is 1. The summed E-state index contributed by atoms with van der Waals surface area (Å²) in [6, 6.07) is 11.0. The van der Waals surface area contributed by atoms with E-state index in [2.05, 4.69) is 42.2 Å². The quantitative estimate of drug-likeness (QED) is 0.852. The molecule has 2 aliphatic rings. The number of ether oxygens (including phenoxy) is 1. The highest BCUT2D eigenvalue weighted by Crippen LogP contribution is 2.55. The van der Waals surface area contributed by atoms with Gasteiger partial charge in [0.05, 0.1) is 5.54 Å². The molecule has 1 saturated carbocycles. The van der Waals surface area contributed by atoms with Crippen LogP contribution in [0.3, 0.4) is 0 Å². The zero-order chi connectivity index (χ0) is 16.8. The van der Waals surface area contributed by atoms with E-state index in [1.807, 2.05) is 32.7 Å². The highest BCUT2D eigenvalue weighted by Gasteiger charge is 2.64. The fourth-order valence-corrected chi connectivity index (χ4v) is 3.76. The summed E-state index contributed by atoms with van der Waals surface area (Å²) in [6.07, 6.45) is 0.898. The van der Waals surface area contributed by atoms with E-state index in [-0.39, 0.29) is 11.6 Å². The van der Waals surface area contributed by atoms with Crippen LogP contribution in [0.25, 0.3) is 0 Å². The lowest BCUT2D eigenvalue weighted by Gasteiger charge is -2.33. The molecule has 3 atom stereocenters.